The molecule has 0 aromatic rings. The Morgan fingerprint density at radius 2 is 2.10 bits per heavy atom. The van der Waals surface area contributed by atoms with Crippen molar-refractivity contribution in [1.29, 1.82) is 0 Å². The van der Waals surface area contributed by atoms with E-state index in [2.05, 4.69) is 20.8 Å². The van der Waals surface area contributed by atoms with E-state index in [9.17, 15) is 4.79 Å². The normalized spacial score (nSPS) is 44.6. The number of ether oxygens (including phenoxy) is 3. The average molecular weight is 296 g/mol. The summed E-state index contributed by atoms with van der Waals surface area (Å²) in [5, 5.41) is 0. The van der Waals surface area contributed by atoms with Crippen molar-refractivity contribution in [3.05, 3.63) is 0 Å². The van der Waals surface area contributed by atoms with Gasteiger partial charge in [0.15, 0.2) is 12.4 Å². The van der Waals surface area contributed by atoms with Gasteiger partial charge in [-0.3, -0.25) is 0 Å². The van der Waals surface area contributed by atoms with Gasteiger partial charge < -0.3 is 14.2 Å². The van der Waals surface area contributed by atoms with Crippen LogP contribution in [0.5, 0.6) is 0 Å². The molecule has 2 aliphatic carbocycles. The summed E-state index contributed by atoms with van der Waals surface area (Å²) in [6.07, 6.45) is 2.94. The summed E-state index contributed by atoms with van der Waals surface area (Å²) in [5.41, 5.74) is 0.591. The summed E-state index contributed by atoms with van der Waals surface area (Å²) in [5.74, 6) is 1.00. The van der Waals surface area contributed by atoms with Gasteiger partial charge in [0.1, 0.15) is 0 Å². The van der Waals surface area contributed by atoms with Gasteiger partial charge in [-0.25, -0.2) is 4.79 Å². The number of rotatable bonds is 4. The maximum Gasteiger partial charge on any atom is 0.335 e. The minimum atomic E-state index is -0.549. The van der Waals surface area contributed by atoms with Gasteiger partial charge in [0.2, 0.25) is 0 Å². The molecule has 4 heteroatoms. The molecule has 2 saturated carbocycles. The second-order valence-corrected chi connectivity index (χ2v) is 7.70. The highest BCUT2D eigenvalue weighted by molar-refractivity contribution is 5.74. The number of hydrogen-bond donors (Lipinski definition) is 0. The van der Waals surface area contributed by atoms with Crippen LogP contribution >= 0.6 is 0 Å². The van der Waals surface area contributed by atoms with Crippen molar-refractivity contribution in [2.24, 2.45) is 22.7 Å². The van der Waals surface area contributed by atoms with E-state index in [0.29, 0.717) is 17.9 Å². The topological polar surface area (TPSA) is 44.8 Å². The van der Waals surface area contributed by atoms with Crippen molar-refractivity contribution in [2.75, 3.05) is 6.61 Å². The summed E-state index contributed by atoms with van der Waals surface area (Å²) in [4.78, 5) is 11.7. The monoisotopic (exact) mass is 296 g/mol. The highest BCUT2D eigenvalue weighted by Gasteiger charge is 2.69. The van der Waals surface area contributed by atoms with Crippen LogP contribution in [0.3, 0.4) is 0 Å². The van der Waals surface area contributed by atoms with Crippen LogP contribution in [-0.2, 0) is 19.0 Å². The van der Waals surface area contributed by atoms with Crippen molar-refractivity contribution in [3.8, 4) is 0 Å². The zero-order valence-electron chi connectivity index (χ0n) is 13.8. The zero-order valence-corrected chi connectivity index (χ0v) is 13.8. The molecular formula is C17H28O4. The first kappa shape index (κ1) is 15.3. The standard InChI is InChI=1S/C17H28O4/c1-6-19-15(18)10(2)20-13-9-11-12-7-8-17(5,14(11)21-13)16(12,3)4/h10-14H,6-9H2,1-5H3/t10-,11+,12+,13+,14+,17-/m0/s1. The van der Waals surface area contributed by atoms with E-state index < -0.39 is 6.10 Å². The first-order valence-electron chi connectivity index (χ1n) is 8.29. The number of fused-ring (bicyclic) bond motifs is 5. The highest BCUT2D eigenvalue weighted by Crippen LogP contribution is 2.71. The molecule has 4 nitrogen and oxygen atoms in total. The minimum absolute atomic E-state index is 0.244. The Morgan fingerprint density at radius 3 is 2.71 bits per heavy atom. The Hall–Kier alpha value is -0.610. The second kappa shape index (κ2) is 4.95. The molecule has 1 aliphatic heterocycles. The van der Waals surface area contributed by atoms with Crippen LogP contribution in [0, 0.1) is 22.7 Å². The molecule has 21 heavy (non-hydrogen) atoms. The fourth-order valence-corrected chi connectivity index (χ4v) is 5.11. The van der Waals surface area contributed by atoms with Gasteiger partial charge in [0.05, 0.1) is 12.7 Å². The molecule has 3 fully saturated rings. The molecule has 0 aromatic heterocycles. The predicted molar refractivity (Wildman–Crippen MR) is 78.6 cm³/mol. The van der Waals surface area contributed by atoms with Crippen LogP contribution in [0.4, 0.5) is 0 Å². The van der Waals surface area contributed by atoms with Gasteiger partial charge in [-0.2, -0.15) is 0 Å². The van der Waals surface area contributed by atoms with E-state index in [1.165, 1.54) is 12.8 Å². The lowest BCUT2D eigenvalue weighted by atomic mass is 9.70. The summed E-state index contributed by atoms with van der Waals surface area (Å²) in [6, 6.07) is 0. The van der Waals surface area contributed by atoms with E-state index >= 15 is 0 Å². The van der Waals surface area contributed by atoms with Gasteiger partial charge in [0, 0.05) is 6.42 Å². The van der Waals surface area contributed by atoms with Crippen molar-refractivity contribution in [1.82, 2.24) is 0 Å². The third-order valence-corrected chi connectivity index (χ3v) is 6.64. The maximum atomic E-state index is 11.7. The molecule has 2 bridgehead atoms. The molecular weight excluding hydrogens is 268 g/mol. The van der Waals surface area contributed by atoms with E-state index in [-0.39, 0.29) is 23.8 Å². The van der Waals surface area contributed by atoms with Gasteiger partial charge >= 0.3 is 5.97 Å². The largest absolute Gasteiger partial charge is 0.464 e. The Bertz CT molecular complexity index is 433. The first-order chi connectivity index (χ1) is 9.81. The van der Waals surface area contributed by atoms with Crippen LogP contribution in [-0.4, -0.2) is 31.1 Å². The average Bonchev–Trinajstić information content (AvgIpc) is 2.96. The molecule has 6 atom stereocenters. The fraction of sp³-hybridized carbons (Fsp3) is 0.941. The lowest BCUT2D eigenvalue weighted by molar-refractivity contribution is -0.197. The van der Waals surface area contributed by atoms with Crippen molar-refractivity contribution in [3.63, 3.8) is 0 Å². The third kappa shape index (κ3) is 2.06. The number of esters is 1. The Labute approximate surface area is 127 Å². The third-order valence-electron chi connectivity index (χ3n) is 6.64. The summed E-state index contributed by atoms with van der Waals surface area (Å²) < 4.78 is 17.0. The number of hydrogen-bond acceptors (Lipinski definition) is 4. The van der Waals surface area contributed by atoms with Crippen LogP contribution in [0.25, 0.3) is 0 Å². The van der Waals surface area contributed by atoms with E-state index in [1.807, 2.05) is 6.92 Å². The van der Waals surface area contributed by atoms with Crippen LogP contribution in [0.2, 0.25) is 0 Å². The molecule has 120 valence electrons. The minimum Gasteiger partial charge on any atom is -0.464 e. The van der Waals surface area contributed by atoms with Crippen LogP contribution in [0.1, 0.15) is 53.9 Å². The predicted octanol–water partition coefficient (Wildman–Crippen LogP) is 3.14. The number of carbonyl (C=O) groups excluding carboxylic acids is 1. The van der Waals surface area contributed by atoms with Crippen LogP contribution in [0.15, 0.2) is 0 Å². The molecule has 0 unspecified atom stereocenters. The zero-order chi connectivity index (χ0) is 15.4. The molecule has 0 radical (unpaired) electrons. The summed E-state index contributed by atoms with van der Waals surface area (Å²) in [6.45, 7) is 11.1. The second-order valence-electron chi connectivity index (χ2n) is 7.70. The van der Waals surface area contributed by atoms with Gasteiger partial charge in [-0.15, -0.1) is 0 Å². The Morgan fingerprint density at radius 1 is 1.38 bits per heavy atom. The summed E-state index contributed by atoms with van der Waals surface area (Å²) in [7, 11) is 0. The number of carbonyl (C=O) groups is 1. The van der Waals surface area contributed by atoms with E-state index in [1.54, 1.807) is 6.92 Å². The lowest BCUT2D eigenvalue weighted by Gasteiger charge is -2.38. The van der Waals surface area contributed by atoms with Crippen molar-refractivity contribution < 1.29 is 19.0 Å². The lowest BCUT2D eigenvalue weighted by Crippen LogP contribution is -2.38. The molecule has 1 heterocycles. The molecule has 3 rings (SSSR count). The first-order valence-corrected chi connectivity index (χ1v) is 8.29. The maximum absolute atomic E-state index is 11.7. The highest BCUT2D eigenvalue weighted by atomic mass is 16.7. The Balaban J connectivity index is 1.65. The fourth-order valence-electron chi connectivity index (χ4n) is 5.11. The molecule has 0 N–H and O–H groups in total. The van der Waals surface area contributed by atoms with Crippen molar-refractivity contribution >= 4 is 5.97 Å². The van der Waals surface area contributed by atoms with Crippen LogP contribution < -0.4 is 0 Å². The molecule has 0 amide bonds. The molecule has 1 saturated heterocycles. The quantitative estimate of drug-likeness (QED) is 0.748. The van der Waals surface area contributed by atoms with Gasteiger partial charge in [-0.1, -0.05) is 20.8 Å². The van der Waals surface area contributed by atoms with Gasteiger partial charge in [-0.05, 0) is 49.4 Å². The van der Waals surface area contributed by atoms with Crippen molar-refractivity contribution in [2.45, 2.75) is 72.4 Å². The van der Waals surface area contributed by atoms with E-state index in [0.717, 1.165) is 12.3 Å². The molecule has 0 spiro atoms. The molecule has 0 aromatic carbocycles. The van der Waals surface area contributed by atoms with Gasteiger partial charge in [0.25, 0.3) is 0 Å². The Kier molecular flexibility index (Phi) is 3.61. The SMILES string of the molecule is CCOC(=O)[C@H](C)O[C@H]1C[C@@H]2[C@H]3CC[C@@](C)([C@@H]2O1)C3(C)C. The van der Waals surface area contributed by atoms with E-state index in [4.69, 9.17) is 14.2 Å². The smallest absolute Gasteiger partial charge is 0.335 e. The summed E-state index contributed by atoms with van der Waals surface area (Å²) >= 11 is 0. The molecule has 3 aliphatic rings.